The van der Waals surface area contributed by atoms with Gasteiger partial charge in [0, 0.05) is 11.8 Å². The summed E-state index contributed by atoms with van der Waals surface area (Å²) in [5.41, 5.74) is 1.50. The zero-order valence-corrected chi connectivity index (χ0v) is 13.0. The first kappa shape index (κ1) is 15.1. The summed E-state index contributed by atoms with van der Waals surface area (Å²) < 4.78 is 12.4. The molecule has 1 saturated heterocycles. The minimum absolute atomic E-state index is 0.0328. The normalized spacial score (nSPS) is 40.0. The molecule has 0 saturated carbocycles. The van der Waals surface area contributed by atoms with Crippen LogP contribution in [-0.4, -0.2) is 19.0 Å². The van der Waals surface area contributed by atoms with Gasteiger partial charge in [0.1, 0.15) is 0 Å². The van der Waals surface area contributed by atoms with E-state index >= 15 is 0 Å². The van der Waals surface area contributed by atoms with Gasteiger partial charge >= 0.3 is 0 Å². The van der Waals surface area contributed by atoms with Gasteiger partial charge in [0.15, 0.2) is 6.29 Å². The third-order valence-electron chi connectivity index (χ3n) is 4.62. The van der Waals surface area contributed by atoms with Crippen LogP contribution < -0.4 is 0 Å². The van der Waals surface area contributed by atoms with Crippen LogP contribution in [0.25, 0.3) is 0 Å². The van der Waals surface area contributed by atoms with Gasteiger partial charge in [-0.1, -0.05) is 38.8 Å². The molecule has 1 fully saturated rings. The van der Waals surface area contributed by atoms with Crippen LogP contribution in [0, 0.1) is 17.8 Å². The summed E-state index contributed by atoms with van der Waals surface area (Å²) in [5, 5.41) is 0. The van der Waals surface area contributed by atoms with Crippen molar-refractivity contribution in [2.75, 3.05) is 6.61 Å². The summed E-state index contributed by atoms with van der Waals surface area (Å²) in [6.07, 6.45) is 8.74. The van der Waals surface area contributed by atoms with E-state index in [-0.39, 0.29) is 6.29 Å². The summed E-state index contributed by atoms with van der Waals surface area (Å²) >= 11 is 0. The molecule has 5 atom stereocenters. The summed E-state index contributed by atoms with van der Waals surface area (Å²) in [7, 11) is 0. The molecule has 0 amide bonds. The Kier molecular flexibility index (Phi) is 5.47. The molecular weight excluding hydrogens is 236 g/mol. The minimum Gasteiger partial charge on any atom is -0.352 e. The molecule has 2 aliphatic rings. The summed E-state index contributed by atoms with van der Waals surface area (Å²) in [4.78, 5) is 0. The van der Waals surface area contributed by atoms with Gasteiger partial charge in [-0.05, 0) is 38.5 Å². The molecule has 1 aliphatic carbocycles. The molecule has 0 aromatic rings. The van der Waals surface area contributed by atoms with Gasteiger partial charge < -0.3 is 9.47 Å². The molecule has 19 heavy (non-hydrogen) atoms. The zero-order chi connectivity index (χ0) is 13.8. The van der Waals surface area contributed by atoms with Crippen molar-refractivity contribution >= 4 is 0 Å². The lowest BCUT2D eigenvalue weighted by Gasteiger charge is -2.41. The number of hydrogen-bond donors (Lipinski definition) is 0. The van der Waals surface area contributed by atoms with E-state index in [2.05, 4.69) is 33.8 Å². The van der Waals surface area contributed by atoms with Gasteiger partial charge in [-0.2, -0.15) is 0 Å². The lowest BCUT2D eigenvalue weighted by Crippen LogP contribution is -2.44. The largest absolute Gasteiger partial charge is 0.352 e. The molecule has 2 nitrogen and oxygen atoms in total. The van der Waals surface area contributed by atoms with Crippen LogP contribution in [0.1, 0.15) is 59.8 Å². The first-order valence-corrected chi connectivity index (χ1v) is 8.08. The third kappa shape index (κ3) is 3.82. The van der Waals surface area contributed by atoms with Crippen LogP contribution >= 0.6 is 0 Å². The van der Waals surface area contributed by atoms with Crippen molar-refractivity contribution in [3.05, 3.63) is 11.6 Å². The number of hydrogen-bond acceptors (Lipinski definition) is 2. The Labute approximate surface area is 118 Å². The fourth-order valence-electron chi connectivity index (χ4n) is 3.67. The molecule has 2 heteroatoms. The molecular formula is C17H30O2. The third-order valence-corrected chi connectivity index (χ3v) is 4.62. The van der Waals surface area contributed by atoms with E-state index in [0.717, 1.165) is 19.4 Å². The van der Waals surface area contributed by atoms with Gasteiger partial charge in [0.05, 0.1) is 12.7 Å². The average molecular weight is 266 g/mol. The molecule has 0 aromatic heterocycles. The summed E-state index contributed by atoms with van der Waals surface area (Å²) in [6, 6.07) is 0. The first-order valence-electron chi connectivity index (χ1n) is 8.08. The molecule has 1 heterocycles. The first-order chi connectivity index (χ1) is 9.13. The Morgan fingerprint density at radius 3 is 2.74 bits per heavy atom. The maximum absolute atomic E-state index is 6.32. The van der Waals surface area contributed by atoms with Crippen molar-refractivity contribution in [3.8, 4) is 0 Å². The summed E-state index contributed by atoms with van der Waals surface area (Å²) in [6.45, 7) is 9.92. The highest BCUT2D eigenvalue weighted by molar-refractivity contribution is 5.06. The topological polar surface area (TPSA) is 18.5 Å². The van der Waals surface area contributed by atoms with Crippen molar-refractivity contribution in [1.82, 2.24) is 0 Å². The van der Waals surface area contributed by atoms with Crippen molar-refractivity contribution in [2.45, 2.75) is 72.2 Å². The van der Waals surface area contributed by atoms with E-state index in [1.807, 2.05) is 0 Å². The molecule has 0 bridgehead atoms. The highest BCUT2D eigenvalue weighted by atomic mass is 16.7. The van der Waals surface area contributed by atoms with Gasteiger partial charge in [0.25, 0.3) is 0 Å². The Hall–Kier alpha value is -0.340. The lowest BCUT2D eigenvalue weighted by molar-refractivity contribution is -0.260. The van der Waals surface area contributed by atoms with Crippen LogP contribution in [0.5, 0.6) is 0 Å². The Morgan fingerprint density at radius 1 is 1.32 bits per heavy atom. The lowest BCUT2D eigenvalue weighted by atomic mass is 9.82. The van der Waals surface area contributed by atoms with Crippen LogP contribution in [0.3, 0.4) is 0 Å². The van der Waals surface area contributed by atoms with Crippen molar-refractivity contribution in [1.29, 1.82) is 0 Å². The van der Waals surface area contributed by atoms with Gasteiger partial charge in [0.2, 0.25) is 0 Å². The molecule has 5 unspecified atom stereocenters. The fourth-order valence-corrected chi connectivity index (χ4v) is 3.67. The quantitative estimate of drug-likeness (QED) is 0.695. The minimum atomic E-state index is 0.0328. The molecule has 0 spiro atoms. The molecule has 0 radical (unpaired) electrons. The monoisotopic (exact) mass is 266 g/mol. The molecule has 0 aromatic carbocycles. The molecule has 0 N–H and O–H groups in total. The second-order valence-electron chi connectivity index (χ2n) is 6.52. The maximum atomic E-state index is 6.32. The van der Waals surface area contributed by atoms with Gasteiger partial charge in [-0.25, -0.2) is 0 Å². The van der Waals surface area contributed by atoms with E-state index in [9.17, 15) is 0 Å². The Morgan fingerprint density at radius 2 is 2.11 bits per heavy atom. The number of ether oxygens (including phenoxy) is 2. The SMILES string of the molecule is CCCC1OC(C2CC(C)=CC(C)C2)OCC1CC. The Bertz CT molecular complexity index is 310. The smallest absolute Gasteiger partial charge is 0.161 e. The number of allylic oxidation sites excluding steroid dienone is 2. The summed E-state index contributed by atoms with van der Waals surface area (Å²) in [5.74, 6) is 1.81. The molecule has 110 valence electrons. The average Bonchev–Trinajstić information content (AvgIpc) is 2.38. The van der Waals surface area contributed by atoms with Crippen LogP contribution in [0.15, 0.2) is 11.6 Å². The molecule has 1 aliphatic heterocycles. The fraction of sp³-hybridized carbons (Fsp3) is 0.882. The zero-order valence-electron chi connectivity index (χ0n) is 13.0. The standard InChI is InChI=1S/C17H30O2/c1-5-7-16-14(6-2)11-18-17(19-16)15-9-12(3)8-13(4)10-15/h8,12,14-17H,5-7,9-11H2,1-4H3. The van der Waals surface area contributed by atoms with Gasteiger partial charge in [-0.3, -0.25) is 0 Å². The van der Waals surface area contributed by atoms with Crippen molar-refractivity contribution in [2.24, 2.45) is 17.8 Å². The van der Waals surface area contributed by atoms with E-state index in [0.29, 0.717) is 23.9 Å². The van der Waals surface area contributed by atoms with Crippen LogP contribution in [0.4, 0.5) is 0 Å². The van der Waals surface area contributed by atoms with Crippen molar-refractivity contribution < 1.29 is 9.47 Å². The predicted octanol–water partition coefficient (Wildman–Crippen LogP) is 4.55. The Balaban J connectivity index is 1.96. The van der Waals surface area contributed by atoms with Crippen molar-refractivity contribution in [3.63, 3.8) is 0 Å². The maximum Gasteiger partial charge on any atom is 0.161 e. The second-order valence-corrected chi connectivity index (χ2v) is 6.52. The molecule has 2 rings (SSSR count). The van der Waals surface area contributed by atoms with E-state index in [1.165, 1.54) is 24.8 Å². The van der Waals surface area contributed by atoms with Crippen LogP contribution in [0.2, 0.25) is 0 Å². The highest BCUT2D eigenvalue weighted by Crippen LogP contribution is 2.36. The van der Waals surface area contributed by atoms with E-state index < -0.39 is 0 Å². The highest BCUT2D eigenvalue weighted by Gasteiger charge is 2.36. The van der Waals surface area contributed by atoms with E-state index in [1.54, 1.807) is 0 Å². The second kappa shape index (κ2) is 6.90. The van der Waals surface area contributed by atoms with E-state index in [4.69, 9.17) is 9.47 Å². The predicted molar refractivity (Wildman–Crippen MR) is 78.9 cm³/mol. The van der Waals surface area contributed by atoms with Crippen LogP contribution in [-0.2, 0) is 9.47 Å². The van der Waals surface area contributed by atoms with Gasteiger partial charge in [-0.15, -0.1) is 0 Å². The number of rotatable bonds is 4.